The summed E-state index contributed by atoms with van der Waals surface area (Å²) < 4.78 is 29.7. The van der Waals surface area contributed by atoms with Crippen molar-refractivity contribution >= 4 is 120 Å². The fraction of sp³-hybridized carbons (Fsp3) is 0.556. The molecular weight excluding hydrogens is 1330 g/mol. The summed E-state index contributed by atoms with van der Waals surface area (Å²) in [5.41, 5.74) is 3.60. The van der Waals surface area contributed by atoms with Gasteiger partial charge in [-0.25, -0.2) is 14.4 Å². The van der Waals surface area contributed by atoms with Gasteiger partial charge in [0.2, 0.25) is 23.6 Å². The van der Waals surface area contributed by atoms with Crippen LogP contribution in [0.5, 0.6) is 5.75 Å². The molecule has 8 amide bonds. The SMILES string of the molecule is COc1cc2cc(c1Cl)N(C)C(=O)C[C@H](OC(=O)[C@H](C)N(C)C(=O)c1ccc(NC(=O)[C@H](CCCNC(N)=O)NC(=O)[C@@H](NC(=O)CCCCCNC(C=O)(CBr)CBr)C(C)C)c3ncccc13)[C@]1(C)O[C@H]1[C@H](C)[C@@H]1C[C@@](O)(NC(=O)O1)[C@H](OC)/C=C/C=C(\C)C2. The summed E-state index contributed by atoms with van der Waals surface area (Å²) >= 11 is 13.6. The number of methoxy groups -OCH3 is 2. The fourth-order valence-corrected chi connectivity index (χ4v) is 12.9. The van der Waals surface area contributed by atoms with Crippen molar-refractivity contribution in [1.29, 1.82) is 0 Å². The number of hydrogen-bond acceptors (Lipinski definition) is 17. The van der Waals surface area contributed by atoms with Gasteiger partial charge in [0.15, 0.2) is 5.72 Å². The molecule has 10 atom stereocenters. The zero-order valence-corrected chi connectivity index (χ0v) is 56.9. The lowest BCUT2D eigenvalue weighted by molar-refractivity contribution is -0.158. The molecule has 0 unspecified atom stereocenters. The number of nitrogens with zero attached hydrogens (tertiary/aromatic N) is 3. The van der Waals surface area contributed by atoms with E-state index in [1.165, 1.54) is 58.5 Å². The molecule has 0 aliphatic carbocycles. The number of aldehydes is 1. The predicted molar refractivity (Wildman–Crippen MR) is 349 cm³/mol. The third kappa shape index (κ3) is 18.5. The summed E-state index contributed by atoms with van der Waals surface area (Å²) in [5, 5.41) is 29.9. The minimum absolute atomic E-state index is 0.0258. The van der Waals surface area contributed by atoms with E-state index in [0.717, 1.165) is 22.3 Å². The van der Waals surface area contributed by atoms with Crippen LogP contribution in [0, 0.1) is 11.8 Å². The monoisotopic (exact) mass is 1410 g/mol. The number of carbonyl (C=O) groups is 9. The van der Waals surface area contributed by atoms with E-state index in [-0.39, 0.29) is 65.3 Å². The number of rotatable bonds is 26. The maximum absolute atomic E-state index is 14.7. The molecule has 9 N–H and O–H groups in total. The molecule has 498 valence electrons. The number of epoxide rings is 1. The Balaban J connectivity index is 1.21. The molecule has 3 aromatic rings. The quantitative estimate of drug-likeness (QED) is 0.0144. The van der Waals surface area contributed by atoms with Crippen molar-refractivity contribution in [1.82, 2.24) is 36.5 Å². The highest BCUT2D eigenvalue weighted by Crippen LogP contribution is 2.49. The lowest BCUT2D eigenvalue weighted by Crippen LogP contribution is -2.63. The first kappa shape index (κ1) is 73.3. The number of hydrogen-bond donors (Lipinski definition) is 8. The van der Waals surface area contributed by atoms with Crippen LogP contribution in [0.4, 0.5) is 21.0 Å². The normalized spacial score (nSPS) is 23.7. The number of esters is 1. The maximum atomic E-state index is 14.7. The standard InChI is InChI=1S/C63H85Br2ClN10O15/c1-35(2)52(73-49(78)21-12-11-13-26-70-62(32-64,33-65)34-77)56(81)72-43(19-16-25-69-59(67)84)55(80)71-42-23-22-41(40-18-15-24-68-53(40)42)57(82)75(7)38(5)58(83)90-48-30-50(79)76(8)44-28-39(29-45(87-9)51(44)66)27-36(3)17-14-20-47(88-10)63(86)31-46(89-60(85)74-63)37(4)54-61(48,6)91-54/h14-15,17-18,20,22-24,28-29,34-35,37-38,43,46-48,52,54,70,86H,11-13,16,19,21,25-27,30-33H2,1-10H3,(H,71,80)(H,72,81)(H,73,78)(H,74,85)(H3,67,69,84)/b20-14+,36-17+/t37-,38+,43+,46+,47-,48+,52+,54+,61+,63+/m1/s1. The van der Waals surface area contributed by atoms with Crippen molar-refractivity contribution in [2.45, 2.75) is 159 Å². The van der Waals surface area contributed by atoms with Gasteiger partial charge in [0.05, 0.1) is 42.1 Å². The second-order valence-corrected chi connectivity index (χ2v) is 25.4. The Hall–Kier alpha value is -6.75. The number of fused-ring (bicyclic) bond motifs is 6. The first-order chi connectivity index (χ1) is 43.1. The minimum atomic E-state index is -1.92. The number of nitrogens with two attached hydrogens (primary N) is 1. The average molecular weight is 1420 g/mol. The summed E-state index contributed by atoms with van der Waals surface area (Å²) in [4.78, 5) is 129. The van der Waals surface area contributed by atoms with Gasteiger partial charge in [0.25, 0.3) is 5.91 Å². The summed E-state index contributed by atoms with van der Waals surface area (Å²) in [6.45, 7) is 10.9. The van der Waals surface area contributed by atoms with Crippen molar-refractivity contribution in [3.8, 4) is 5.75 Å². The number of pyridine rings is 1. The first-order valence-electron chi connectivity index (χ1n) is 30.1. The molecule has 3 aliphatic rings. The Labute approximate surface area is 552 Å². The molecule has 4 bridgehead atoms. The number of unbranched alkanes of at least 4 members (excludes halogenated alkanes) is 2. The van der Waals surface area contributed by atoms with Crippen LogP contribution in [-0.4, -0.2) is 180 Å². The summed E-state index contributed by atoms with van der Waals surface area (Å²) in [5.74, 6) is -4.49. The van der Waals surface area contributed by atoms with Gasteiger partial charge in [0, 0.05) is 74.3 Å². The summed E-state index contributed by atoms with van der Waals surface area (Å²) in [7, 11) is 5.78. The van der Waals surface area contributed by atoms with Crippen molar-refractivity contribution < 1.29 is 71.9 Å². The zero-order chi connectivity index (χ0) is 67.1. The van der Waals surface area contributed by atoms with Gasteiger partial charge in [-0.2, -0.15) is 0 Å². The molecule has 2 fully saturated rings. The number of benzene rings is 2. The van der Waals surface area contributed by atoms with Crippen LogP contribution in [-0.2, 0) is 54.1 Å². The molecule has 3 aliphatic heterocycles. The number of allylic oxidation sites excluding steroid dienone is 3. The minimum Gasteiger partial charge on any atom is -0.495 e. The number of alkyl halides is 2. The van der Waals surface area contributed by atoms with Crippen LogP contribution in [0.1, 0.15) is 109 Å². The predicted octanol–water partition coefficient (Wildman–Crippen LogP) is 6.27. The number of carbonyl (C=O) groups excluding carboxylic acids is 9. The first-order valence-corrected chi connectivity index (χ1v) is 32.7. The van der Waals surface area contributed by atoms with Gasteiger partial charge in [-0.1, -0.05) is 101 Å². The Morgan fingerprint density at radius 2 is 1.76 bits per heavy atom. The van der Waals surface area contributed by atoms with Crippen molar-refractivity contribution in [2.75, 3.05) is 62.3 Å². The Morgan fingerprint density at radius 1 is 1.03 bits per heavy atom. The third-order valence-electron chi connectivity index (χ3n) is 16.8. The van der Waals surface area contributed by atoms with Gasteiger partial charge < -0.3 is 75.7 Å². The number of alkyl carbamates (subject to hydrolysis) is 1. The van der Waals surface area contributed by atoms with E-state index in [4.69, 9.17) is 41.0 Å². The fourth-order valence-electron chi connectivity index (χ4n) is 11.0. The number of ether oxygens (including phenoxy) is 5. The summed E-state index contributed by atoms with van der Waals surface area (Å²) in [6.07, 6.45) is 4.53. The molecule has 25 nitrogen and oxygen atoms in total. The Bertz CT molecular complexity index is 3230. The van der Waals surface area contributed by atoms with Crippen molar-refractivity contribution in [3.63, 3.8) is 0 Å². The maximum Gasteiger partial charge on any atom is 0.409 e. The molecule has 6 rings (SSSR count). The van der Waals surface area contributed by atoms with Crippen LogP contribution in [0.15, 0.2) is 66.4 Å². The molecule has 2 aromatic carbocycles. The topological polar surface area (TPSA) is 341 Å². The lowest BCUT2D eigenvalue weighted by atomic mass is 9.83. The number of amides is 8. The van der Waals surface area contributed by atoms with Crippen LogP contribution < -0.4 is 47.3 Å². The van der Waals surface area contributed by atoms with E-state index in [9.17, 15) is 48.3 Å². The van der Waals surface area contributed by atoms with Gasteiger partial charge in [-0.15, -0.1) is 0 Å². The zero-order valence-electron chi connectivity index (χ0n) is 53.0. The van der Waals surface area contributed by atoms with E-state index < -0.39 is 119 Å². The van der Waals surface area contributed by atoms with E-state index in [1.807, 2.05) is 13.0 Å². The molecule has 4 heterocycles. The Kier molecular flexibility index (Phi) is 26.3. The van der Waals surface area contributed by atoms with E-state index in [2.05, 4.69) is 68.7 Å². The van der Waals surface area contributed by atoms with Gasteiger partial charge in [-0.3, -0.25) is 34.3 Å². The number of halogens is 3. The van der Waals surface area contributed by atoms with Gasteiger partial charge >= 0.3 is 18.1 Å². The lowest BCUT2D eigenvalue weighted by Gasteiger charge is -2.42. The van der Waals surface area contributed by atoms with E-state index in [0.29, 0.717) is 54.3 Å². The molecular formula is C63H85Br2ClN10O15. The number of anilines is 2. The van der Waals surface area contributed by atoms with E-state index in [1.54, 1.807) is 64.1 Å². The van der Waals surface area contributed by atoms with E-state index >= 15 is 0 Å². The molecule has 1 aromatic heterocycles. The van der Waals surface area contributed by atoms with Gasteiger partial charge in [0.1, 0.15) is 59.1 Å². The van der Waals surface area contributed by atoms with Crippen molar-refractivity contribution in [3.05, 3.63) is 82.5 Å². The highest BCUT2D eigenvalue weighted by atomic mass is 79.9. The molecule has 0 saturated carbocycles. The molecule has 2 saturated heterocycles. The second-order valence-electron chi connectivity index (χ2n) is 23.9. The smallest absolute Gasteiger partial charge is 0.409 e. The molecule has 0 radical (unpaired) electrons. The number of urea groups is 1. The average Bonchev–Trinajstić information content (AvgIpc) is 1.59. The molecule has 0 spiro atoms. The Morgan fingerprint density at radius 3 is 2.42 bits per heavy atom. The number of aromatic nitrogens is 1. The highest BCUT2D eigenvalue weighted by molar-refractivity contribution is 9.10. The molecule has 91 heavy (non-hydrogen) atoms. The van der Waals surface area contributed by atoms with Crippen LogP contribution in [0.3, 0.4) is 0 Å². The second kappa shape index (κ2) is 32.7. The van der Waals surface area contributed by atoms with Gasteiger partial charge in [-0.05, 0) is 101 Å². The van der Waals surface area contributed by atoms with Crippen LogP contribution >= 0.6 is 43.5 Å². The number of nitrogens with one attached hydrogen (secondary N) is 6. The number of primary amides is 1. The van der Waals surface area contributed by atoms with Crippen molar-refractivity contribution in [2.24, 2.45) is 17.6 Å². The third-order valence-corrected chi connectivity index (χ3v) is 19.2. The highest BCUT2D eigenvalue weighted by Gasteiger charge is 2.64. The number of likely N-dealkylation sites (N-methyl/N-ethyl adjacent to an activating group) is 1. The molecule has 28 heteroatoms. The number of aliphatic hydroxyl groups is 1. The summed E-state index contributed by atoms with van der Waals surface area (Å²) in [6, 6.07) is 5.30. The largest absolute Gasteiger partial charge is 0.495 e. The van der Waals surface area contributed by atoms with Crippen LogP contribution in [0.25, 0.3) is 10.9 Å². The van der Waals surface area contributed by atoms with Crippen LogP contribution in [0.2, 0.25) is 5.02 Å².